The zero-order valence-corrected chi connectivity index (χ0v) is 18.4. The minimum atomic E-state index is -0.292. The summed E-state index contributed by atoms with van der Waals surface area (Å²) >= 11 is 0. The Morgan fingerprint density at radius 1 is 1.16 bits per heavy atom. The summed E-state index contributed by atoms with van der Waals surface area (Å²) in [4.78, 5) is 20.1. The number of carbonyl (C=O) groups is 1. The smallest absolute Gasteiger partial charge is 0.306 e. The Labute approximate surface area is 189 Å². The molecule has 0 spiro atoms. The van der Waals surface area contributed by atoms with Crippen LogP contribution >= 0.6 is 0 Å². The number of esters is 1. The van der Waals surface area contributed by atoms with Gasteiger partial charge in [-0.3, -0.25) is 14.7 Å². The molecule has 0 aliphatic carbocycles. The van der Waals surface area contributed by atoms with Gasteiger partial charge in [0, 0.05) is 30.1 Å². The molecule has 4 nitrogen and oxygen atoms in total. The van der Waals surface area contributed by atoms with Crippen LogP contribution in [0.4, 0.5) is 0 Å². The van der Waals surface area contributed by atoms with Crippen molar-refractivity contribution in [2.75, 3.05) is 13.1 Å². The minimum absolute atomic E-state index is 0.136. The Bertz CT molecular complexity index is 1090. The van der Waals surface area contributed by atoms with E-state index in [0.29, 0.717) is 24.7 Å². The largest absolute Gasteiger partial charge is 0.456 e. The lowest BCUT2D eigenvalue weighted by atomic mass is 9.73. The number of nitrogens with zero attached hydrogens (tertiary/aromatic N) is 2. The third-order valence-corrected chi connectivity index (χ3v) is 7.21. The zero-order chi connectivity index (χ0) is 21.9. The molecule has 3 saturated heterocycles. The zero-order valence-electron chi connectivity index (χ0n) is 18.4. The van der Waals surface area contributed by atoms with E-state index in [0.717, 1.165) is 41.5 Å². The lowest BCUT2D eigenvalue weighted by Gasteiger charge is -2.51. The van der Waals surface area contributed by atoms with Gasteiger partial charge >= 0.3 is 5.97 Å². The second-order valence-corrected chi connectivity index (χ2v) is 9.06. The molecule has 5 atom stereocenters. The first-order valence-corrected chi connectivity index (χ1v) is 11.7. The molecule has 3 fully saturated rings. The molecule has 0 saturated carbocycles. The fourth-order valence-corrected chi connectivity index (χ4v) is 5.50. The molecule has 1 aromatic heterocycles. The van der Waals surface area contributed by atoms with E-state index in [2.05, 4.69) is 40.7 Å². The van der Waals surface area contributed by atoms with Crippen LogP contribution in [0, 0.1) is 11.8 Å². The van der Waals surface area contributed by atoms with Crippen LogP contribution in [-0.2, 0) is 16.0 Å². The van der Waals surface area contributed by atoms with E-state index in [4.69, 9.17) is 4.74 Å². The number of hydrogen-bond acceptors (Lipinski definition) is 4. The van der Waals surface area contributed by atoms with Crippen molar-refractivity contribution in [2.45, 2.75) is 37.8 Å². The Morgan fingerprint density at radius 2 is 1.97 bits per heavy atom. The average Bonchev–Trinajstić information content (AvgIpc) is 2.86. The number of fused-ring (bicyclic) bond motifs is 4. The van der Waals surface area contributed by atoms with E-state index >= 15 is 0 Å². The van der Waals surface area contributed by atoms with Crippen molar-refractivity contribution in [1.29, 1.82) is 0 Å². The molecular weight excluding hydrogens is 396 g/mol. The number of rotatable bonds is 7. The summed E-state index contributed by atoms with van der Waals surface area (Å²) in [5.74, 6) is 1.01. The van der Waals surface area contributed by atoms with Crippen LogP contribution in [0.1, 0.15) is 36.5 Å². The lowest BCUT2D eigenvalue weighted by molar-refractivity contribution is -0.157. The molecular formula is C28H30N2O2. The maximum Gasteiger partial charge on any atom is 0.306 e. The van der Waals surface area contributed by atoms with E-state index in [9.17, 15) is 4.79 Å². The second-order valence-electron chi connectivity index (χ2n) is 9.06. The normalized spacial score (nSPS) is 25.4. The summed E-state index contributed by atoms with van der Waals surface area (Å²) in [6.45, 7) is 6.11. The van der Waals surface area contributed by atoms with Crippen molar-refractivity contribution in [1.82, 2.24) is 9.88 Å². The van der Waals surface area contributed by atoms with Crippen molar-refractivity contribution in [3.05, 3.63) is 90.6 Å². The van der Waals surface area contributed by atoms with Gasteiger partial charge in [0.15, 0.2) is 0 Å². The fraction of sp³-hybridized carbons (Fsp3) is 0.357. The van der Waals surface area contributed by atoms with Crippen LogP contribution in [-0.4, -0.2) is 35.0 Å². The molecule has 0 N–H and O–H groups in total. The first-order chi connectivity index (χ1) is 15.7. The summed E-state index contributed by atoms with van der Waals surface area (Å²) in [7, 11) is 0. The number of aryl methyl sites for hydroxylation is 1. The first kappa shape index (κ1) is 20.9. The molecule has 0 radical (unpaired) electrons. The van der Waals surface area contributed by atoms with Gasteiger partial charge in [0.2, 0.25) is 0 Å². The van der Waals surface area contributed by atoms with Crippen LogP contribution in [0.25, 0.3) is 10.9 Å². The highest BCUT2D eigenvalue weighted by Crippen LogP contribution is 2.43. The molecule has 2 bridgehead atoms. The molecule has 2 aromatic carbocycles. The van der Waals surface area contributed by atoms with Crippen molar-refractivity contribution in [3.8, 4) is 0 Å². The number of benzene rings is 2. The van der Waals surface area contributed by atoms with E-state index < -0.39 is 0 Å². The number of pyridine rings is 1. The average molecular weight is 427 g/mol. The van der Waals surface area contributed by atoms with Gasteiger partial charge in [0.1, 0.15) is 6.10 Å². The highest BCUT2D eigenvalue weighted by molar-refractivity contribution is 5.82. The molecule has 0 amide bonds. The molecule has 4 heterocycles. The summed E-state index contributed by atoms with van der Waals surface area (Å²) in [6, 6.07) is 20.5. The monoisotopic (exact) mass is 426 g/mol. The number of hydrogen-bond donors (Lipinski definition) is 0. The molecule has 164 valence electrons. The molecule has 3 aliphatic rings. The van der Waals surface area contributed by atoms with E-state index in [1.165, 1.54) is 6.42 Å². The molecule has 3 aliphatic heterocycles. The number of aromatic nitrogens is 1. The molecule has 4 heteroatoms. The Hall–Kier alpha value is -2.98. The van der Waals surface area contributed by atoms with Gasteiger partial charge < -0.3 is 4.74 Å². The van der Waals surface area contributed by atoms with Gasteiger partial charge in [-0.15, -0.1) is 6.58 Å². The Kier molecular flexibility index (Phi) is 6.04. The lowest BCUT2D eigenvalue weighted by Crippen LogP contribution is -2.55. The standard InChI is InChI=1S/C28H30N2O2/c1-2-21-19-30-17-15-22(21)18-26(30)28(24-14-16-29-25-11-7-6-10-23(24)25)32-27(31)13-12-20-8-4-3-5-9-20/h2-11,14,16,21-22,26,28H,1,12-13,15,17-19H2/t21-,22+,26+,28-/m0/s1. The maximum atomic E-state index is 13.0. The molecule has 1 unspecified atom stereocenters. The van der Waals surface area contributed by atoms with Crippen molar-refractivity contribution >= 4 is 16.9 Å². The third kappa shape index (κ3) is 4.20. The highest BCUT2D eigenvalue weighted by atomic mass is 16.5. The third-order valence-electron chi connectivity index (χ3n) is 7.21. The summed E-state index contributed by atoms with van der Waals surface area (Å²) in [5, 5.41) is 1.07. The van der Waals surface area contributed by atoms with Crippen molar-refractivity contribution in [2.24, 2.45) is 11.8 Å². The summed E-state index contributed by atoms with van der Waals surface area (Å²) in [6.07, 6.45) is 6.96. The van der Waals surface area contributed by atoms with Crippen molar-refractivity contribution < 1.29 is 9.53 Å². The highest BCUT2D eigenvalue weighted by Gasteiger charge is 2.44. The number of para-hydroxylation sites is 1. The van der Waals surface area contributed by atoms with Gasteiger partial charge in [-0.1, -0.05) is 54.6 Å². The maximum absolute atomic E-state index is 13.0. The quantitative estimate of drug-likeness (QED) is 0.377. The second kappa shape index (κ2) is 9.25. The van der Waals surface area contributed by atoms with Crippen LogP contribution in [0.2, 0.25) is 0 Å². The van der Waals surface area contributed by atoms with Crippen LogP contribution in [0.3, 0.4) is 0 Å². The Morgan fingerprint density at radius 3 is 2.75 bits per heavy atom. The molecule has 32 heavy (non-hydrogen) atoms. The van der Waals surface area contributed by atoms with Crippen LogP contribution in [0.5, 0.6) is 0 Å². The summed E-state index contributed by atoms with van der Waals surface area (Å²) in [5.41, 5.74) is 3.16. The van der Waals surface area contributed by atoms with Gasteiger partial charge in [0.25, 0.3) is 0 Å². The van der Waals surface area contributed by atoms with Crippen LogP contribution < -0.4 is 0 Å². The fourth-order valence-electron chi connectivity index (χ4n) is 5.50. The van der Waals surface area contributed by atoms with Crippen molar-refractivity contribution in [3.63, 3.8) is 0 Å². The predicted octanol–water partition coefficient (Wildman–Crippen LogP) is 5.35. The first-order valence-electron chi connectivity index (χ1n) is 11.7. The number of piperidine rings is 3. The Balaban J connectivity index is 1.43. The predicted molar refractivity (Wildman–Crippen MR) is 127 cm³/mol. The number of ether oxygens (including phenoxy) is 1. The topological polar surface area (TPSA) is 42.4 Å². The van der Waals surface area contributed by atoms with E-state index in [-0.39, 0.29) is 18.1 Å². The van der Waals surface area contributed by atoms with E-state index in [1.807, 2.05) is 48.7 Å². The van der Waals surface area contributed by atoms with Crippen LogP contribution in [0.15, 0.2) is 79.5 Å². The number of carbonyl (C=O) groups excluding carboxylic acids is 1. The SMILES string of the molecule is C=C[C@H]1CN2CC[C@@H]1C[C@@H]2[C@@H](OC(=O)CCc1ccccc1)c1ccnc2ccccc12. The van der Waals surface area contributed by atoms with Gasteiger partial charge in [-0.2, -0.15) is 0 Å². The van der Waals surface area contributed by atoms with E-state index in [1.54, 1.807) is 0 Å². The molecule has 6 rings (SSSR count). The summed E-state index contributed by atoms with van der Waals surface area (Å²) < 4.78 is 6.29. The van der Waals surface area contributed by atoms with Gasteiger partial charge in [-0.25, -0.2) is 0 Å². The minimum Gasteiger partial charge on any atom is -0.456 e. The van der Waals surface area contributed by atoms with Gasteiger partial charge in [-0.05, 0) is 55.3 Å². The molecule has 3 aromatic rings. The van der Waals surface area contributed by atoms with Gasteiger partial charge in [0.05, 0.1) is 11.6 Å².